The van der Waals surface area contributed by atoms with E-state index in [1.165, 1.54) is 18.2 Å². The first kappa shape index (κ1) is 20.9. The van der Waals surface area contributed by atoms with Crippen LogP contribution in [0.4, 0.5) is 15.8 Å². The Morgan fingerprint density at radius 3 is 2.23 bits per heavy atom. The number of rotatable bonds is 5. The second-order valence-corrected chi connectivity index (χ2v) is 6.60. The van der Waals surface area contributed by atoms with E-state index >= 15 is 0 Å². The number of amides is 2. The molecule has 0 bridgehead atoms. The molecule has 0 fully saturated rings. The molecule has 0 aliphatic carbocycles. The molecule has 0 aromatic heterocycles. The lowest BCUT2D eigenvalue weighted by Gasteiger charge is -2.13. The Hall–Kier alpha value is -3.84. The van der Waals surface area contributed by atoms with E-state index in [4.69, 9.17) is 12.2 Å². The van der Waals surface area contributed by atoms with Crippen molar-refractivity contribution in [2.75, 3.05) is 10.6 Å². The minimum absolute atomic E-state index is 0.0451. The first-order valence-electron chi connectivity index (χ1n) is 9.02. The van der Waals surface area contributed by atoms with Gasteiger partial charge in [0.1, 0.15) is 5.82 Å². The number of carbonyl (C=O) groups excluding carboxylic acids is 2. The zero-order valence-electron chi connectivity index (χ0n) is 15.8. The van der Waals surface area contributed by atoms with Gasteiger partial charge in [-0.05, 0) is 60.3 Å². The maximum Gasteiger partial charge on any atom is 0.257 e. The number of hydrogen-bond acceptors (Lipinski definition) is 3. The van der Waals surface area contributed by atoms with Crippen LogP contribution < -0.4 is 16.0 Å². The highest BCUT2D eigenvalue weighted by Crippen LogP contribution is 2.17. The Bertz CT molecular complexity index is 1080. The molecule has 0 aliphatic rings. The first-order chi connectivity index (χ1) is 14.5. The van der Waals surface area contributed by atoms with Gasteiger partial charge in [-0.2, -0.15) is 0 Å². The van der Waals surface area contributed by atoms with Crippen molar-refractivity contribution in [3.63, 3.8) is 0 Å². The van der Waals surface area contributed by atoms with Crippen molar-refractivity contribution in [3.05, 3.63) is 102 Å². The van der Waals surface area contributed by atoms with Crippen LogP contribution in [0.3, 0.4) is 0 Å². The van der Waals surface area contributed by atoms with Gasteiger partial charge in [0.15, 0.2) is 5.11 Å². The normalized spacial score (nSPS) is 10.4. The van der Waals surface area contributed by atoms with E-state index in [1.54, 1.807) is 54.6 Å². The maximum absolute atomic E-state index is 12.9. The molecule has 0 heterocycles. The van der Waals surface area contributed by atoms with Crippen LogP contribution in [0.5, 0.6) is 0 Å². The van der Waals surface area contributed by atoms with Crippen molar-refractivity contribution < 1.29 is 14.0 Å². The quantitative estimate of drug-likeness (QED) is 0.417. The van der Waals surface area contributed by atoms with Crippen molar-refractivity contribution in [2.45, 2.75) is 0 Å². The summed E-state index contributed by atoms with van der Waals surface area (Å²) in [6.45, 7) is 0. The third-order valence-corrected chi connectivity index (χ3v) is 4.19. The average Bonchev–Trinajstić information content (AvgIpc) is 2.74. The van der Waals surface area contributed by atoms with Gasteiger partial charge in [-0.15, -0.1) is 0 Å². The van der Waals surface area contributed by atoms with Crippen molar-refractivity contribution in [1.29, 1.82) is 0 Å². The predicted molar refractivity (Wildman–Crippen MR) is 121 cm³/mol. The monoisotopic (exact) mass is 419 g/mol. The van der Waals surface area contributed by atoms with Crippen molar-refractivity contribution >= 4 is 46.6 Å². The van der Waals surface area contributed by atoms with Gasteiger partial charge in [0.05, 0.1) is 11.3 Å². The zero-order valence-corrected chi connectivity index (χ0v) is 16.6. The Morgan fingerprint density at radius 1 is 0.833 bits per heavy atom. The summed E-state index contributed by atoms with van der Waals surface area (Å²) in [6, 6.07) is 21.6. The fourth-order valence-corrected chi connectivity index (χ4v) is 2.77. The molecule has 3 aromatic carbocycles. The molecular weight excluding hydrogens is 401 g/mol. The molecule has 3 rings (SSSR count). The second-order valence-electron chi connectivity index (χ2n) is 6.19. The van der Waals surface area contributed by atoms with Crippen LogP contribution >= 0.6 is 12.2 Å². The van der Waals surface area contributed by atoms with Gasteiger partial charge in [0, 0.05) is 11.8 Å². The molecule has 7 heteroatoms. The fourth-order valence-electron chi connectivity index (χ4n) is 2.56. The lowest BCUT2D eigenvalue weighted by atomic mass is 10.1. The smallest absolute Gasteiger partial charge is 0.257 e. The summed E-state index contributed by atoms with van der Waals surface area (Å²) < 4.78 is 12.9. The van der Waals surface area contributed by atoms with Gasteiger partial charge in [0.2, 0.25) is 5.91 Å². The standard InChI is InChI=1S/C23H18FN3O2S/c24-17-13-10-16(11-14-17)12-15-21(28)27-23(30)26-20-9-5-4-8-19(20)22(29)25-18-6-2-1-3-7-18/h1-15H,(H,25,29)(H2,26,27,28,30). The van der Waals surface area contributed by atoms with Crippen LogP contribution in [0, 0.1) is 5.82 Å². The van der Waals surface area contributed by atoms with Crippen LogP contribution in [0.15, 0.2) is 84.9 Å². The molecule has 0 saturated carbocycles. The summed E-state index contributed by atoms with van der Waals surface area (Å²) in [5.41, 5.74) is 2.17. The van der Waals surface area contributed by atoms with E-state index in [0.717, 1.165) is 0 Å². The summed E-state index contributed by atoms with van der Waals surface area (Å²) >= 11 is 5.18. The molecule has 2 amide bonds. The van der Waals surface area contributed by atoms with E-state index in [0.29, 0.717) is 22.5 Å². The summed E-state index contributed by atoms with van der Waals surface area (Å²) in [5, 5.41) is 8.24. The van der Waals surface area contributed by atoms with Crippen LogP contribution in [-0.4, -0.2) is 16.9 Å². The van der Waals surface area contributed by atoms with E-state index in [9.17, 15) is 14.0 Å². The van der Waals surface area contributed by atoms with Gasteiger partial charge in [0.25, 0.3) is 5.91 Å². The van der Waals surface area contributed by atoms with Gasteiger partial charge >= 0.3 is 0 Å². The number of carbonyl (C=O) groups is 2. The lowest BCUT2D eigenvalue weighted by Crippen LogP contribution is -2.33. The summed E-state index contributed by atoms with van der Waals surface area (Å²) in [4.78, 5) is 24.7. The van der Waals surface area contributed by atoms with Crippen LogP contribution in [0.1, 0.15) is 15.9 Å². The third kappa shape index (κ3) is 6.08. The number of nitrogens with one attached hydrogen (secondary N) is 3. The van der Waals surface area contributed by atoms with Gasteiger partial charge in [-0.3, -0.25) is 14.9 Å². The number of thiocarbonyl (C=S) groups is 1. The van der Waals surface area contributed by atoms with Crippen LogP contribution in [0.25, 0.3) is 6.08 Å². The fraction of sp³-hybridized carbons (Fsp3) is 0. The Labute approximate surface area is 178 Å². The molecule has 0 aliphatic heterocycles. The molecule has 0 atom stereocenters. The predicted octanol–water partition coefficient (Wildman–Crippen LogP) is 4.60. The molecular formula is C23H18FN3O2S. The molecule has 150 valence electrons. The molecule has 0 unspecified atom stereocenters. The molecule has 5 nitrogen and oxygen atoms in total. The molecule has 3 aromatic rings. The Kier molecular flexibility index (Phi) is 7.02. The van der Waals surface area contributed by atoms with Crippen molar-refractivity contribution in [1.82, 2.24) is 5.32 Å². The number of anilines is 2. The van der Waals surface area contributed by atoms with Crippen molar-refractivity contribution in [2.24, 2.45) is 0 Å². The zero-order chi connectivity index (χ0) is 21.3. The van der Waals surface area contributed by atoms with E-state index in [-0.39, 0.29) is 16.8 Å². The topological polar surface area (TPSA) is 70.2 Å². The Morgan fingerprint density at radius 2 is 1.50 bits per heavy atom. The van der Waals surface area contributed by atoms with E-state index < -0.39 is 5.91 Å². The van der Waals surface area contributed by atoms with Gasteiger partial charge in [-0.1, -0.05) is 42.5 Å². The summed E-state index contributed by atoms with van der Waals surface area (Å²) in [5.74, 6) is -1.12. The van der Waals surface area contributed by atoms with Crippen molar-refractivity contribution in [3.8, 4) is 0 Å². The third-order valence-electron chi connectivity index (χ3n) is 3.99. The highest BCUT2D eigenvalue weighted by molar-refractivity contribution is 7.80. The number of halogens is 1. The first-order valence-corrected chi connectivity index (χ1v) is 9.43. The average molecular weight is 419 g/mol. The SMILES string of the molecule is O=C(C=Cc1ccc(F)cc1)NC(=S)Nc1ccccc1C(=O)Nc1ccccc1. The lowest BCUT2D eigenvalue weighted by molar-refractivity contribution is -0.115. The number of benzene rings is 3. The molecule has 0 spiro atoms. The number of hydrogen-bond donors (Lipinski definition) is 3. The van der Waals surface area contributed by atoms with E-state index in [1.807, 2.05) is 18.2 Å². The number of para-hydroxylation sites is 2. The minimum atomic E-state index is -0.456. The molecule has 0 radical (unpaired) electrons. The maximum atomic E-state index is 12.9. The molecule has 0 saturated heterocycles. The van der Waals surface area contributed by atoms with Crippen LogP contribution in [0.2, 0.25) is 0 Å². The summed E-state index contributed by atoms with van der Waals surface area (Å²) in [6.07, 6.45) is 2.83. The highest BCUT2D eigenvalue weighted by atomic mass is 32.1. The molecule has 3 N–H and O–H groups in total. The second kappa shape index (κ2) is 10.1. The van der Waals surface area contributed by atoms with Gasteiger partial charge < -0.3 is 10.6 Å². The Balaban J connectivity index is 1.61. The highest BCUT2D eigenvalue weighted by Gasteiger charge is 2.12. The van der Waals surface area contributed by atoms with Crippen LogP contribution in [-0.2, 0) is 4.79 Å². The van der Waals surface area contributed by atoms with Gasteiger partial charge in [-0.25, -0.2) is 4.39 Å². The summed E-state index contributed by atoms with van der Waals surface area (Å²) in [7, 11) is 0. The minimum Gasteiger partial charge on any atom is -0.332 e. The molecule has 30 heavy (non-hydrogen) atoms. The van der Waals surface area contributed by atoms with E-state index in [2.05, 4.69) is 16.0 Å². The largest absolute Gasteiger partial charge is 0.332 e.